The van der Waals surface area contributed by atoms with Crippen LogP contribution in [0.5, 0.6) is 11.6 Å². The second kappa shape index (κ2) is 20.6. The lowest BCUT2D eigenvalue weighted by molar-refractivity contribution is 0.464. The molecule has 6 heterocycles. The van der Waals surface area contributed by atoms with Gasteiger partial charge in [0.05, 0.1) is 51.8 Å². The molecule has 3 aliphatic heterocycles. The summed E-state index contributed by atoms with van der Waals surface area (Å²) in [7, 11) is 4.22. The lowest BCUT2D eigenvalue weighted by Crippen LogP contribution is -2.27. The van der Waals surface area contributed by atoms with Crippen molar-refractivity contribution in [3.63, 3.8) is 0 Å². The largest absolute Gasteiger partial charge is 0.439 e. The van der Waals surface area contributed by atoms with Crippen LogP contribution in [0.15, 0.2) is 225 Å². The van der Waals surface area contributed by atoms with Crippen LogP contribution >= 0.6 is 0 Å². The van der Waals surface area contributed by atoms with Crippen LogP contribution in [0.3, 0.4) is 0 Å². The van der Waals surface area contributed by atoms with E-state index in [0.29, 0.717) is 27.8 Å². The number of rotatable bonds is 8. The molecule has 8 aromatic rings. The minimum absolute atomic E-state index is 0.0326. The first kappa shape index (κ1) is 38.8. The molecule has 0 unspecified atom stereocenters. The molecule has 75 heavy (non-hydrogen) atoms. The van der Waals surface area contributed by atoms with Gasteiger partial charge in [0, 0.05) is 59.5 Å². The van der Waals surface area contributed by atoms with Crippen LogP contribution in [-0.2, 0) is 10.8 Å². The number of para-hydroxylation sites is 3. The number of benzene rings is 5. The molecule has 11 rings (SSSR count). The topological polar surface area (TPSA) is 70.5 Å². The maximum absolute atomic E-state index is 9.21. The Labute approximate surface area is 455 Å². The van der Waals surface area contributed by atoms with Gasteiger partial charge in [0.2, 0.25) is 5.88 Å². The van der Waals surface area contributed by atoms with Crippen molar-refractivity contribution < 1.29 is 17.1 Å². The summed E-state index contributed by atoms with van der Waals surface area (Å²) in [6, 6.07) is 21.6. The first-order valence-electron chi connectivity index (χ1n) is 29.4. The number of allylic oxidation sites excluding steroid dienone is 8. The summed E-state index contributed by atoms with van der Waals surface area (Å²) in [5.41, 5.74) is 9.17. The average Bonchev–Trinajstić information content (AvgIpc) is 1.79. The molecule has 366 valence electrons. The first-order chi connectivity index (χ1) is 40.2. The van der Waals surface area contributed by atoms with Gasteiger partial charge in [0.1, 0.15) is 18.2 Å². The summed E-state index contributed by atoms with van der Waals surface area (Å²) < 4.78 is 88.7. The summed E-state index contributed by atoms with van der Waals surface area (Å²) in [4.78, 5) is 14.1. The van der Waals surface area contributed by atoms with E-state index in [4.69, 9.17) is 22.9 Å². The SMILES string of the molecule is [2H]c1c([2H])c([2H])c(-c2cc(N3CN(c4c(/C5=C/C=C\N/C=C\C=C/[B]5)cc(C(C)(C)C)cc4/C4=C/C=C\N/C=C\C=C/[B]4)c4ccccc43)cc(Oc3ccc4c5c([2H])c([2H])c([2H])c([2H])c5n(-c5cc(C(C)(C)C)ccn5)c4c3)n2)c([2H])c1[2H]. The second-order valence-corrected chi connectivity index (χ2v) is 20.3. The molecule has 0 bridgehead atoms. The zero-order valence-electron chi connectivity index (χ0n) is 51.7. The molecular formula is C65H59B2N7O. The molecule has 2 radical (unpaired) electrons. The van der Waals surface area contributed by atoms with Crippen molar-refractivity contribution in [1.29, 1.82) is 0 Å². The van der Waals surface area contributed by atoms with Crippen molar-refractivity contribution in [3.8, 4) is 28.7 Å². The Morgan fingerprint density at radius 1 is 0.600 bits per heavy atom. The Morgan fingerprint density at radius 3 is 1.92 bits per heavy atom. The number of nitrogens with one attached hydrogen (secondary N) is 2. The number of pyridine rings is 2. The summed E-state index contributed by atoms with van der Waals surface area (Å²) in [6.07, 6.45) is 25.2. The van der Waals surface area contributed by atoms with Crippen molar-refractivity contribution in [2.24, 2.45) is 0 Å². The van der Waals surface area contributed by atoms with Crippen LogP contribution in [0.25, 0.3) is 49.8 Å². The summed E-state index contributed by atoms with van der Waals surface area (Å²) in [6.45, 7) is 13.1. The normalized spacial score (nSPS) is 20.3. The van der Waals surface area contributed by atoms with Gasteiger partial charge in [-0.05, 0) is 118 Å². The number of hydrogen-bond donors (Lipinski definition) is 2. The van der Waals surface area contributed by atoms with Gasteiger partial charge in [-0.1, -0.05) is 137 Å². The van der Waals surface area contributed by atoms with Gasteiger partial charge in [-0.15, -0.1) is 12.0 Å². The third-order valence-electron chi connectivity index (χ3n) is 13.2. The number of fused-ring (bicyclic) bond motifs is 4. The van der Waals surface area contributed by atoms with Gasteiger partial charge in [0.15, 0.2) is 14.6 Å². The van der Waals surface area contributed by atoms with E-state index in [-0.39, 0.29) is 70.1 Å². The summed E-state index contributed by atoms with van der Waals surface area (Å²) >= 11 is 0. The molecule has 0 aliphatic carbocycles. The first-order valence-corrected chi connectivity index (χ1v) is 24.9. The summed E-state index contributed by atoms with van der Waals surface area (Å²) in [5.74, 6) is 4.80. The maximum Gasteiger partial charge on any atom is 0.221 e. The third-order valence-corrected chi connectivity index (χ3v) is 13.2. The number of ether oxygens (including phenoxy) is 1. The molecular weight excluding hydrogens is 916 g/mol. The van der Waals surface area contributed by atoms with Gasteiger partial charge in [-0.3, -0.25) is 4.57 Å². The van der Waals surface area contributed by atoms with Crippen LogP contribution in [0, 0.1) is 0 Å². The Bertz CT molecular complexity index is 4160. The van der Waals surface area contributed by atoms with Gasteiger partial charge in [-0.2, -0.15) is 0 Å². The lowest BCUT2D eigenvalue weighted by atomic mass is 9.62. The smallest absolute Gasteiger partial charge is 0.221 e. The quantitative estimate of drug-likeness (QED) is 0.147. The van der Waals surface area contributed by atoms with Crippen LogP contribution in [0.1, 0.15) is 76.1 Å². The van der Waals surface area contributed by atoms with Crippen molar-refractivity contribution in [2.45, 2.75) is 52.4 Å². The number of hydrogen-bond acceptors (Lipinski definition) is 7. The molecule has 0 amide bonds. The predicted molar refractivity (Wildman–Crippen MR) is 316 cm³/mol. The van der Waals surface area contributed by atoms with Crippen molar-refractivity contribution in [2.75, 3.05) is 16.5 Å². The van der Waals surface area contributed by atoms with Crippen LogP contribution in [-0.4, -0.2) is 35.8 Å². The zero-order valence-corrected chi connectivity index (χ0v) is 42.7. The predicted octanol–water partition coefficient (Wildman–Crippen LogP) is 15.3. The van der Waals surface area contributed by atoms with E-state index in [1.54, 1.807) is 41.1 Å². The Morgan fingerprint density at radius 2 is 1.24 bits per heavy atom. The van der Waals surface area contributed by atoms with Crippen molar-refractivity contribution in [3.05, 3.63) is 247 Å². The third kappa shape index (κ3) is 10.2. The van der Waals surface area contributed by atoms with Gasteiger partial charge in [-0.25, -0.2) is 9.97 Å². The Kier molecular flexibility index (Phi) is 10.7. The highest BCUT2D eigenvalue weighted by atomic mass is 16.5. The van der Waals surface area contributed by atoms with E-state index in [0.717, 1.165) is 50.3 Å². The molecule has 0 fully saturated rings. The molecule has 0 spiro atoms. The lowest BCUT2D eigenvalue weighted by Gasteiger charge is -2.31. The molecule has 10 heteroatoms. The van der Waals surface area contributed by atoms with Crippen LogP contribution < -0.4 is 25.2 Å². The van der Waals surface area contributed by atoms with Crippen LogP contribution in [0.2, 0.25) is 0 Å². The van der Waals surface area contributed by atoms with E-state index in [1.165, 1.54) is 0 Å². The van der Waals surface area contributed by atoms with Crippen molar-refractivity contribution >= 4 is 70.1 Å². The second-order valence-electron chi connectivity index (χ2n) is 20.3. The minimum Gasteiger partial charge on any atom is -0.439 e. The van der Waals surface area contributed by atoms with Crippen molar-refractivity contribution in [1.82, 2.24) is 25.2 Å². The minimum atomic E-state index is -0.536. The Hall–Kier alpha value is -8.75. The van der Waals surface area contributed by atoms with Gasteiger partial charge < -0.3 is 25.2 Å². The fraction of sp³-hybridized carbons (Fsp3) is 0.138. The van der Waals surface area contributed by atoms with E-state index in [2.05, 4.69) is 107 Å². The molecule has 0 atom stereocenters. The molecule has 0 saturated carbocycles. The highest BCUT2D eigenvalue weighted by molar-refractivity contribution is 6.67. The monoisotopic (exact) mass is 985 g/mol. The van der Waals surface area contributed by atoms with E-state index < -0.39 is 30.2 Å². The van der Waals surface area contributed by atoms with E-state index in [9.17, 15) is 4.11 Å². The molecule has 0 saturated heterocycles. The standard InChI is InChI=1S/C65H59B2N7O/c1-64(2,3)46-30-37-70-61(40-46)74-57-25-11-10-22-50(57)51-29-28-49(43-60(51)74)75-62-42-48(41-56(71-62)45-20-8-7-9-21-45)72-44-73(59-27-13-12-26-58(59)72)63-52(54-23-18-35-68-33-16-14-31-66-54)38-47(65(4,5)6)39-53(63)55-24-19-36-69-34-17-15-32-67-55/h7-43,68-69H,44H2,1-6H3/b31-14-,32-15-,33-16-,34-17-,35-18-,36-19-,54-23-,55-24-/i7D,8D,9D,10D,11D,20D,21D,22D,25D. The summed E-state index contributed by atoms with van der Waals surface area (Å²) in [5, 5.41) is 7.29. The molecule has 5 aromatic carbocycles. The highest BCUT2D eigenvalue weighted by Crippen LogP contribution is 2.50. The fourth-order valence-corrected chi connectivity index (χ4v) is 9.42. The number of aromatic nitrogens is 3. The van der Waals surface area contributed by atoms with E-state index in [1.807, 2.05) is 104 Å². The molecule has 3 aromatic heterocycles. The molecule has 2 N–H and O–H groups in total. The number of anilines is 4. The average molecular weight is 985 g/mol. The highest BCUT2D eigenvalue weighted by Gasteiger charge is 2.34. The molecule has 3 aliphatic rings. The number of nitrogens with zero attached hydrogens (tertiary/aromatic N) is 5. The van der Waals surface area contributed by atoms with E-state index >= 15 is 0 Å². The fourth-order valence-electron chi connectivity index (χ4n) is 9.42. The Balaban J connectivity index is 1.13. The van der Waals surface area contributed by atoms with Gasteiger partial charge >= 0.3 is 0 Å². The molecule has 8 nitrogen and oxygen atoms in total. The van der Waals surface area contributed by atoms with Crippen LogP contribution in [0.4, 0.5) is 22.7 Å². The maximum atomic E-state index is 9.21. The zero-order chi connectivity index (χ0) is 59.4. The van der Waals surface area contributed by atoms with Gasteiger partial charge in [0.25, 0.3) is 0 Å².